The first kappa shape index (κ1) is 78.3. The SMILES string of the molecule is CC(C)c1cc2cn[nH]c2cc1F.CC(C)c1ccc2[nH]ncc2c1.CC(C)c1ccc2[nH]ncc2c1C1CC1.CC(C)c1ccc2[nH]ncc2c1Cl.CC(C)c1ccc2[nH]ncc2c1F.CCc1c(C(C)C)ccc2[nH]ncc12.Cc1[nH]nc2ccc(C(C)C)cc12.Cc1c(C(C)C)ccc2[nH]ncc12. The maximum atomic E-state index is 13.7. The zero-order valence-electron chi connectivity index (χ0n) is 65.0. The second kappa shape index (κ2) is 35.2. The van der Waals surface area contributed by atoms with Crippen LogP contribution in [-0.4, -0.2) is 81.6 Å². The van der Waals surface area contributed by atoms with Crippen LogP contribution < -0.4 is 0 Å². The van der Waals surface area contributed by atoms with Crippen molar-refractivity contribution in [3.63, 3.8) is 0 Å². The van der Waals surface area contributed by atoms with Gasteiger partial charge in [0.1, 0.15) is 11.6 Å². The Hall–Kier alpha value is -10.3. The van der Waals surface area contributed by atoms with Gasteiger partial charge in [0.15, 0.2) is 0 Å². The molecule has 8 N–H and O–H groups in total. The molecule has 8 heterocycles. The van der Waals surface area contributed by atoms with E-state index in [-0.39, 0.29) is 23.5 Å². The number of nitrogens with zero attached hydrogens (tertiary/aromatic N) is 8. The van der Waals surface area contributed by atoms with Crippen molar-refractivity contribution < 1.29 is 8.78 Å². The van der Waals surface area contributed by atoms with E-state index in [0.29, 0.717) is 40.9 Å². The average molecular weight is 1450 g/mol. The molecule has 1 fully saturated rings. The minimum atomic E-state index is -0.160. The van der Waals surface area contributed by atoms with E-state index in [1.807, 2.05) is 76.7 Å². The van der Waals surface area contributed by atoms with Crippen LogP contribution in [0.3, 0.4) is 0 Å². The minimum Gasteiger partial charge on any atom is -0.282 e. The fourth-order valence-corrected chi connectivity index (χ4v) is 13.8. The van der Waals surface area contributed by atoms with Gasteiger partial charge in [-0.25, -0.2) is 8.78 Å². The van der Waals surface area contributed by atoms with Crippen LogP contribution in [0, 0.1) is 25.5 Å². The first-order chi connectivity index (χ1) is 50.7. The fourth-order valence-electron chi connectivity index (χ4n) is 13.4. The molecule has 1 saturated carbocycles. The van der Waals surface area contributed by atoms with Crippen molar-refractivity contribution >= 4 is 98.8 Å². The zero-order chi connectivity index (χ0) is 76.2. The Morgan fingerprint density at radius 2 is 0.783 bits per heavy atom. The molecule has 0 spiro atoms. The quantitative estimate of drug-likeness (QED) is 0.0655. The number of aromatic amines is 8. The monoisotopic (exact) mass is 1450 g/mol. The second-order valence-electron chi connectivity index (χ2n) is 30.1. The third-order valence-corrected chi connectivity index (χ3v) is 20.2. The maximum Gasteiger partial charge on any atom is 0.137 e. The Morgan fingerprint density at radius 1 is 0.368 bits per heavy atom. The standard InChI is InChI=1S/C13H16N2.C12H16N2.2C11H14N2.C10H11ClN2.2C10H11FN2.C10H12N2/c1-8(2)10-5-6-12-11(7-14-15-12)13(10)9-3-4-9;1-4-9-10(8(2)3)5-6-12-11(9)7-13-14-12;1-7(2)9-4-5-11-10(8(9)3)6-12-13-11;1-7(2)9-4-5-11-10(6-9)8(3)12-13-11;1-6(2)7-3-4-9-8(10(7)11)5-12-13-9;1-6(2)8-3-7-5-12-13-10(7)4-9(8)11;1-6(2)7-3-4-9-8(10(7)11)5-12-13-9;1-7(2)8-3-4-10-9(5-8)6-11-12-10/h5-9H,3-4H2,1-2H3,(H,14,15);5-8H,4H2,1-3H3,(H,13,14);2*4-7H,1-3H3,(H,12,13);3*3-6H,1-2H3,(H,12,13);3-7H,1-2H3,(H,11,12). The summed E-state index contributed by atoms with van der Waals surface area (Å²) in [5, 5.41) is 65.0. The Kier molecular flexibility index (Phi) is 26.0. The molecule has 0 bridgehead atoms. The topological polar surface area (TPSA) is 229 Å². The highest BCUT2D eigenvalue weighted by Crippen LogP contribution is 2.46. The lowest BCUT2D eigenvalue weighted by Gasteiger charge is -2.13. The van der Waals surface area contributed by atoms with E-state index in [2.05, 4.69) is 258 Å². The summed E-state index contributed by atoms with van der Waals surface area (Å²) in [4.78, 5) is 0. The highest BCUT2D eigenvalue weighted by molar-refractivity contribution is 6.36. The van der Waals surface area contributed by atoms with Gasteiger partial charge in [0.25, 0.3) is 0 Å². The number of fused-ring (bicyclic) bond motifs is 8. The summed E-state index contributed by atoms with van der Waals surface area (Å²) >= 11 is 6.22. The van der Waals surface area contributed by atoms with E-state index in [0.717, 1.165) is 83.6 Å². The molecule has 0 saturated heterocycles. The average Bonchev–Trinajstić information content (AvgIpc) is 1.62. The maximum absolute atomic E-state index is 13.7. The van der Waals surface area contributed by atoms with Crippen LogP contribution in [-0.2, 0) is 6.42 Å². The van der Waals surface area contributed by atoms with E-state index in [1.54, 1.807) is 24.0 Å². The summed E-state index contributed by atoms with van der Waals surface area (Å²) in [7, 11) is 0. The van der Waals surface area contributed by atoms with Gasteiger partial charge < -0.3 is 0 Å². The summed E-state index contributed by atoms with van der Waals surface area (Å²) in [5.74, 6) is 4.30. The molecule has 1 aliphatic carbocycles. The first-order valence-corrected chi connectivity index (χ1v) is 37.7. The predicted octanol–water partition coefficient (Wildman–Crippen LogP) is 24.5. The molecule has 0 aliphatic heterocycles. The van der Waals surface area contributed by atoms with Gasteiger partial charge in [-0.05, 0) is 214 Å². The molecule has 106 heavy (non-hydrogen) atoms. The molecule has 17 rings (SSSR count). The predicted molar refractivity (Wildman–Crippen MR) is 437 cm³/mol. The molecule has 8 aromatic carbocycles. The van der Waals surface area contributed by atoms with Gasteiger partial charge in [-0.15, -0.1) is 0 Å². The van der Waals surface area contributed by atoms with Gasteiger partial charge >= 0.3 is 0 Å². The van der Waals surface area contributed by atoms with Gasteiger partial charge in [0, 0.05) is 43.4 Å². The summed E-state index contributed by atoms with van der Waals surface area (Å²) in [6.07, 6.45) is 16.5. The van der Waals surface area contributed by atoms with Crippen molar-refractivity contribution in [3.8, 4) is 0 Å². The smallest absolute Gasteiger partial charge is 0.137 e. The van der Waals surface area contributed by atoms with Gasteiger partial charge in [0.05, 0.1) is 97.9 Å². The van der Waals surface area contributed by atoms with Gasteiger partial charge in [-0.1, -0.05) is 172 Å². The molecule has 0 amide bonds. The largest absolute Gasteiger partial charge is 0.282 e. The first-order valence-electron chi connectivity index (χ1n) is 37.3. The molecule has 0 radical (unpaired) electrons. The molecular weight excluding hydrogens is 1340 g/mol. The van der Waals surface area contributed by atoms with Gasteiger partial charge in [0.2, 0.25) is 0 Å². The number of nitrogens with one attached hydrogen (secondary N) is 8. The molecule has 554 valence electrons. The molecule has 8 aromatic heterocycles. The van der Waals surface area contributed by atoms with Crippen LogP contribution in [0.15, 0.2) is 153 Å². The van der Waals surface area contributed by atoms with Crippen molar-refractivity contribution in [2.45, 2.75) is 204 Å². The van der Waals surface area contributed by atoms with Crippen LogP contribution >= 0.6 is 11.6 Å². The minimum absolute atomic E-state index is 0.152. The lowest BCUT2D eigenvalue weighted by atomic mass is 9.92. The van der Waals surface area contributed by atoms with Crippen LogP contribution in [0.25, 0.3) is 87.2 Å². The second-order valence-corrected chi connectivity index (χ2v) is 30.5. The number of hydrogen-bond donors (Lipinski definition) is 8. The third kappa shape index (κ3) is 18.5. The van der Waals surface area contributed by atoms with E-state index >= 15 is 0 Å². The van der Waals surface area contributed by atoms with Gasteiger partial charge in [-0.3, -0.25) is 40.8 Å². The van der Waals surface area contributed by atoms with Gasteiger partial charge in [-0.2, -0.15) is 40.8 Å². The highest BCUT2D eigenvalue weighted by Gasteiger charge is 2.29. The Morgan fingerprint density at radius 3 is 1.34 bits per heavy atom. The number of hydrogen-bond acceptors (Lipinski definition) is 8. The Balaban J connectivity index is 0.000000130. The normalized spacial score (nSPS) is 12.1. The number of halogens is 3. The molecule has 0 unspecified atom stereocenters. The molecule has 0 atom stereocenters. The van der Waals surface area contributed by atoms with Crippen LogP contribution in [0.4, 0.5) is 8.78 Å². The molecule has 1 aliphatic rings. The van der Waals surface area contributed by atoms with Crippen molar-refractivity contribution in [1.82, 2.24) is 81.6 Å². The van der Waals surface area contributed by atoms with Crippen molar-refractivity contribution in [2.24, 2.45) is 0 Å². The fraction of sp³-hybridized carbons (Fsp3) is 0.356. The Bertz CT molecular complexity index is 5290. The molecule has 19 heteroatoms. The number of benzene rings is 8. The number of H-pyrrole nitrogens is 8. The number of rotatable bonds is 10. The van der Waals surface area contributed by atoms with E-state index in [4.69, 9.17) is 11.6 Å². The van der Waals surface area contributed by atoms with Crippen molar-refractivity contribution in [3.05, 3.63) is 236 Å². The van der Waals surface area contributed by atoms with Crippen molar-refractivity contribution in [2.75, 3.05) is 0 Å². The lowest BCUT2D eigenvalue weighted by molar-refractivity contribution is 0.600. The molecule has 16 aromatic rings. The van der Waals surface area contributed by atoms with E-state index < -0.39 is 0 Å². The molecular formula is C87H105ClF2N16. The number of aryl methyl sites for hydroxylation is 3. The molecule has 16 nitrogen and oxygen atoms in total. The van der Waals surface area contributed by atoms with E-state index in [9.17, 15) is 8.78 Å². The van der Waals surface area contributed by atoms with Crippen LogP contribution in [0.1, 0.15) is 251 Å². The Labute approximate surface area is 625 Å². The zero-order valence-corrected chi connectivity index (χ0v) is 65.7. The summed E-state index contributed by atoms with van der Waals surface area (Å²) in [6.45, 7) is 40.8. The van der Waals surface area contributed by atoms with E-state index in [1.165, 1.54) is 102 Å². The summed E-state index contributed by atoms with van der Waals surface area (Å²) in [6, 6.07) is 37.0. The lowest BCUT2D eigenvalue weighted by Crippen LogP contribution is -1.95. The summed E-state index contributed by atoms with van der Waals surface area (Å²) < 4.78 is 27.1. The van der Waals surface area contributed by atoms with Crippen molar-refractivity contribution in [1.29, 1.82) is 0 Å². The third-order valence-electron chi connectivity index (χ3n) is 19.8. The highest BCUT2D eigenvalue weighted by atomic mass is 35.5. The van der Waals surface area contributed by atoms with Crippen LogP contribution in [0.2, 0.25) is 5.02 Å². The number of aromatic nitrogens is 16. The summed E-state index contributed by atoms with van der Waals surface area (Å²) in [5.41, 5.74) is 23.4. The van der Waals surface area contributed by atoms with Crippen LogP contribution in [0.5, 0.6) is 0 Å².